The first-order chi connectivity index (χ1) is 12.0. The molecule has 0 fully saturated rings. The van der Waals surface area contributed by atoms with E-state index in [1.807, 2.05) is 38.1 Å². The number of carbonyl (C=O) groups excluding carboxylic acids is 1. The van der Waals surface area contributed by atoms with Crippen LogP contribution >= 0.6 is 0 Å². The van der Waals surface area contributed by atoms with Crippen LogP contribution in [0.4, 0.5) is 0 Å². The van der Waals surface area contributed by atoms with Crippen LogP contribution in [0.3, 0.4) is 0 Å². The van der Waals surface area contributed by atoms with Gasteiger partial charge in [-0.1, -0.05) is 50.3 Å². The molecule has 2 aromatic carbocycles. The van der Waals surface area contributed by atoms with E-state index in [-0.39, 0.29) is 23.7 Å². The van der Waals surface area contributed by atoms with E-state index in [0.29, 0.717) is 0 Å². The third-order valence-electron chi connectivity index (χ3n) is 3.57. The number of hydrogen-bond acceptors (Lipinski definition) is 4. The fraction of sp³-hybridized carbons (Fsp3) is 0.350. The van der Waals surface area contributed by atoms with Crippen molar-refractivity contribution in [3.63, 3.8) is 0 Å². The van der Waals surface area contributed by atoms with Crippen LogP contribution in [0.15, 0.2) is 60.0 Å². The molecular weight excluding hydrogens is 336 g/mol. The molecular formula is C20H26O4S. The molecule has 0 bridgehead atoms. The predicted octanol–water partition coefficient (Wildman–Crippen LogP) is 4.40. The van der Waals surface area contributed by atoms with Crippen LogP contribution in [0, 0.1) is 5.92 Å². The van der Waals surface area contributed by atoms with Crippen LogP contribution in [0.25, 0.3) is 10.8 Å². The van der Waals surface area contributed by atoms with Gasteiger partial charge in [-0.2, -0.15) is 0 Å². The van der Waals surface area contributed by atoms with Crippen LogP contribution < -0.4 is 0 Å². The van der Waals surface area contributed by atoms with Crippen LogP contribution in [0.5, 0.6) is 0 Å². The number of sulfone groups is 1. The lowest BCUT2D eigenvalue weighted by Crippen LogP contribution is -2.25. The standard InChI is InChI=1S/C18H20O4S.C2H6/c1-3-7-16(18(19)22-4-2)13-23(20,21)17-11-10-14-8-5-6-9-15(14)12-17;1-2/h3,5-6,8-12,16H,1,4,7,13H2,2H3;1-2H3/t16-;/m0./s1. The summed E-state index contributed by atoms with van der Waals surface area (Å²) >= 11 is 0. The van der Waals surface area contributed by atoms with Crippen molar-refractivity contribution in [2.45, 2.75) is 32.1 Å². The second-order valence-corrected chi connectivity index (χ2v) is 7.30. The van der Waals surface area contributed by atoms with Gasteiger partial charge >= 0.3 is 5.97 Å². The van der Waals surface area contributed by atoms with Crippen LogP contribution in [0.2, 0.25) is 0 Å². The molecule has 4 nitrogen and oxygen atoms in total. The van der Waals surface area contributed by atoms with Gasteiger partial charge in [0, 0.05) is 0 Å². The number of rotatable bonds is 7. The molecule has 0 aliphatic rings. The summed E-state index contributed by atoms with van der Waals surface area (Å²) in [4.78, 5) is 12.1. The zero-order valence-electron chi connectivity index (χ0n) is 15.1. The summed E-state index contributed by atoms with van der Waals surface area (Å²) in [6.07, 6.45) is 1.81. The van der Waals surface area contributed by atoms with Crippen molar-refractivity contribution in [1.29, 1.82) is 0 Å². The maximum Gasteiger partial charge on any atom is 0.310 e. The van der Waals surface area contributed by atoms with Gasteiger partial charge in [-0.15, -0.1) is 6.58 Å². The van der Waals surface area contributed by atoms with Crippen molar-refractivity contribution in [1.82, 2.24) is 0 Å². The minimum absolute atomic E-state index is 0.217. The lowest BCUT2D eigenvalue weighted by molar-refractivity contribution is -0.147. The molecule has 2 aromatic rings. The Morgan fingerprint density at radius 1 is 1.16 bits per heavy atom. The monoisotopic (exact) mass is 362 g/mol. The van der Waals surface area contributed by atoms with E-state index in [1.165, 1.54) is 6.08 Å². The highest BCUT2D eigenvalue weighted by molar-refractivity contribution is 7.91. The molecule has 0 saturated heterocycles. The van der Waals surface area contributed by atoms with Crippen LogP contribution in [-0.4, -0.2) is 26.7 Å². The highest BCUT2D eigenvalue weighted by Gasteiger charge is 2.27. The normalized spacial score (nSPS) is 12.0. The summed E-state index contributed by atoms with van der Waals surface area (Å²) in [7, 11) is -3.59. The summed E-state index contributed by atoms with van der Waals surface area (Å²) < 4.78 is 30.2. The molecule has 0 aliphatic carbocycles. The first-order valence-electron chi connectivity index (χ1n) is 8.47. The summed E-state index contributed by atoms with van der Waals surface area (Å²) in [5.74, 6) is -1.52. The SMILES string of the molecule is C=CC[C@@H](CS(=O)(=O)c1ccc2ccccc2c1)C(=O)OCC.CC. The second-order valence-electron chi connectivity index (χ2n) is 5.26. The average molecular weight is 362 g/mol. The first-order valence-corrected chi connectivity index (χ1v) is 10.1. The van der Waals surface area contributed by atoms with E-state index in [0.717, 1.165) is 10.8 Å². The lowest BCUT2D eigenvalue weighted by atomic mass is 10.1. The molecule has 2 rings (SSSR count). The summed E-state index contributed by atoms with van der Waals surface area (Å²) in [6.45, 7) is 9.50. The smallest absolute Gasteiger partial charge is 0.310 e. The minimum atomic E-state index is -3.59. The van der Waals surface area contributed by atoms with E-state index >= 15 is 0 Å². The molecule has 0 N–H and O–H groups in total. The van der Waals surface area contributed by atoms with Gasteiger partial charge in [-0.25, -0.2) is 8.42 Å². The summed E-state index contributed by atoms with van der Waals surface area (Å²) in [5, 5.41) is 1.82. The fourth-order valence-corrected chi connectivity index (χ4v) is 3.99. The Kier molecular flexibility index (Phi) is 8.35. The summed E-state index contributed by atoms with van der Waals surface area (Å²) in [6, 6.07) is 12.5. The van der Waals surface area contributed by atoms with Crippen molar-refractivity contribution >= 4 is 26.6 Å². The molecule has 1 atom stereocenters. The van der Waals surface area contributed by atoms with Gasteiger partial charge in [-0.3, -0.25) is 4.79 Å². The predicted molar refractivity (Wildman–Crippen MR) is 102 cm³/mol. The topological polar surface area (TPSA) is 60.4 Å². The van der Waals surface area contributed by atoms with Gasteiger partial charge in [0.2, 0.25) is 0 Å². The highest BCUT2D eigenvalue weighted by atomic mass is 32.2. The zero-order chi connectivity index (χ0) is 18.9. The largest absolute Gasteiger partial charge is 0.466 e. The Balaban J connectivity index is 0.00000151. The van der Waals surface area contributed by atoms with Crippen molar-refractivity contribution in [3.05, 3.63) is 55.1 Å². The Bertz CT molecular complexity index is 809. The molecule has 5 heteroatoms. The molecule has 136 valence electrons. The third-order valence-corrected chi connectivity index (χ3v) is 5.39. The van der Waals surface area contributed by atoms with Gasteiger partial charge in [0.1, 0.15) is 0 Å². The van der Waals surface area contributed by atoms with Crippen LogP contribution in [0.1, 0.15) is 27.2 Å². The van der Waals surface area contributed by atoms with E-state index in [2.05, 4.69) is 6.58 Å². The molecule has 0 heterocycles. The maximum atomic E-state index is 12.6. The minimum Gasteiger partial charge on any atom is -0.466 e. The summed E-state index contributed by atoms with van der Waals surface area (Å²) in [5.41, 5.74) is 0. The molecule has 0 aromatic heterocycles. The maximum absolute atomic E-state index is 12.6. The van der Waals surface area contributed by atoms with E-state index in [4.69, 9.17) is 4.74 Å². The van der Waals surface area contributed by atoms with Gasteiger partial charge < -0.3 is 4.74 Å². The number of hydrogen-bond donors (Lipinski definition) is 0. The number of fused-ring (bicyclic) bond motifs is 1. The number of benzene rings is 2. The van der Waals surface area contributed by atoms with Gasteiger partial charge in [0.05, 0.1) is 23.2 Å². The quantitative estimate of drug-likeness (QED) is 0.541. The van der Waals surface area contributed by atoms with E-state index in [9.17, 15) is 13.2 Å². The van der Waals surface area contributed by atoms with E-state index in [1.54, 1.807) is 25.1 Å². The van der Waals surface area contributed by atoms with Crippen molar-refractivity contribution in [3.8, 4) is 0 Å². The molecule has 25 heavy (non-hydrogen) atoms. The van der Waals surface area contributed by atoms with Gasteiger partial charge in [0.25, 0.3) is 0 Å². The molecule has 0 amide bonds. The number of esters is 1. The Labute approximate surface area is 150 Å². The average Bonchev–Trinajstić information content (AvgIpc) is 2.62. The first kappa shape index (κ1) is 20.9. The van der Waals surface area contributed by atoms with E-state index < -0.39 is 21.7 Å². The molecule has 0 spiro atoms. The molecule has 0 unspecified atom stereocenters. The van der Waals surface area contributed by atoms with Crippen molar-refractivity contribution in [2.75, 3.05) is 12.4 Å². The van der Waals surface area contributed by atoms with Gasteiger partial charge in [0.15, 0.2) is 9.84 Å². The van der Waals surface area contributed by atoms with Crippen molar-refractivity contribution in [2.24, 2.45) is 5.92 Å². The lowest BCUT2D eigenvalue weighted by Gasteiger charge is -2.14. The fourth-order valence-electron chi connectivity index (χ4n) is 2.42. The Morgan fingerprint density at radius 2 is 1.80 bits per heavy atom. The molecule has 0 saturated carbocycles. The van der Waals surface area contributed by atoms with Gasteiger partial charge in [-0.05, 0) is 36.2 Å². The van der Waals surface area contributed by atoms with Crippen molar-refractivity contribution < 1.29 is 17.9 Å². The number of ether oxygens (including phenoxy) is 1. The molecule has 0 aliphatic heterocycles. The number of carbonyl (C=O) groups is 1. The highest BCUT2D eigenvalue weighted by Crippen LogP contribution is 2.22. The Morgan fingerprint density at radius 3 is 2.40 bits per heavy atom. The molecule has 0 radical (unpaired) electrons. The van der Waals surface area contributed by atoms with Crippen LogP contribution in [-0.2, 0) is 19.4 Å². The second kappa shape index (κ2) is 9.99. The number of allylic oxidation sites excluding steroid dienone is 1. The zero-order valence-corrected chi connectivity index (χ0v) is 15.9. The third kappa shape index (κ3) is 5.71. The Hall–Kier alpha value is -2.14.